The standard InChI is InChI=1S/C24H26ClN3O5/c1-4-33-23(31)16-6-5-7-18(12-16)26-21(29)13-20-22(30)28(19-10-8-17(25)9-11-19)24(32)27(20)14-15(2)3/h5-12,15,20H,4,13-14H2,1-3H3,(H,26,29)/t20-/m1/s1. The quantitative estimate of drug-likeness (QED) is 0.456. The molecule has 0 bridgehead atoms. The Kier molecular flexibility index (Phi) is 7.71. The van der Waals surface area contributed by atoms with Crippen LogP contribution in [0.1, 0.15) is 37.6 Å². The molecule has 0 aromatic heterocycles. The zero-order valence-corrected chi connectivity index (χ0v) is 19.5. The molecule has 0 radical (unpaired) electrons. The van der Waals surface area contributed by atoms with Crippen LogP contribution >= 0.6 is 11.6 Å². The largest absolute Gasteiger partial charge is 0.462 e. The van der Waals surface area contributed by atoms with Crippen LogP contribution in [-0.4, -0.2) is 47.9 Å². The van der Waals surface area contributed by atoms with Gasteiger partial charge in [-0.05, 0) is 55.3 Å². The van der Waals surface area contributed by atoms with Crippen molar-refractivity contribution in [2.75, 3.05) is 23.4 Å². The summed E-state index contributed by atoms with van der Waals surface area (Å²) in [6.45, 7) is 6.13. The molecule has 0 aliphatic carbocycles. The SMILES string of the molecule is CCOC(=O)c1cccc(NC(=O)C[C@@H]2C(=O)N(c3ccc(Cl)cc3)C(=O)N2CC(C)C)c1. The maximum atomic E-state index is 13.2. The van der Waals surface area contributed by atoms with Gasteiger partial charge in [0.05, 0.1) is 24.3 Å². The van der Waals surface area contributed by atoms with E-state index in [1.54, 1.807) is 49.4 Å². The molecule has 0 unspecified atom stereocenters. The first-order valence-corrected chi connectivity index (χ1v) is 11.1. The molecular weight excluding hydrogens is 446 g/mol. The van der Waals surface area contributed by atoms with Gasteiger partial charge in [-0.15, -0.1) is 0 Å². The van der Waals surface area contributed by atoms with Crippen molar-refractivity contribution >= 4 is 46.8 Å². The smallest absolute Gasteiger partial charge is 0.338 e. The number of ether oxygens (including phenoxy) is 1. The van der Waals surface area contributed by atoms with E-state index in [1.165, 1.54) is 11.0 Å². The molecule has 1 heterocycles. The fraction of sp³-hybridized carbons (Fsp3) is 0.333. The molecule has 4 amide bonds. The monoisotopic (exact) mass is 471 g/mol. The summed E-state index contributed by atoms with van der Waals surface area (Å²) in [5.74, 6) is -1.32. The van der Waals surface area contributed by atoms with Gasteiger partial charge in [-0.25, -0.2) is 14.5 Å². The van der Waals surface area contributed by atoms with Gasteiger partial charge in [0.2, 0.25) is 5.91 Å². The molecule has 1 aliphatic heterocycles. The predicted octanol–water partition coefficient (Wildman–Crippen LogP) is 4.34. The summed E-state index contributed by atoms with van der Waals surface area (Å²) in [6.07, 6.45) is -0.217. The van der Waals surface area contributed by atoms with Crippen molar-refractivity contribution in [2.24, 2.45) is 5.92 Å². The molecule has 8 nitrogen and oxygen atoms in total. The number of urea groups is 1. The van der Waals surface area contributed by atoms with Crippen LogP contribution in [0.4, 0.5) is 16.2 Å². The first-order valence-electron chi connectivity index (χ1n) is 10.7. The van der Waals surface area contributed by atoms with Crippen LogP contribution in [0.25, 0.3) is 0 Å². The Morgan fingerprint density at radius 1 is 1.12 bits per heavy atom. The highest BCUT2D eigenvalue weighted by atomic mass is 35.5. The number of imide groups is 1. The van der Waals surface area contributed by atoms with Gasteiger partial charge < -0.3 is 15.0 Å². The van der Waals surface area contributed by atoms with Crippen molar-refractivity contribution in [3.05, 3.63) is 59.1 Å². The number of esters is 1. The third-order valence-corrected chi connectivity index (χ3v) is 5.25. The summed E-state index contributed by atoms with van der Waals surface area (Å²) in [6, 6.07) is 11.3. The maximum absolute atomic E-state index is 13.2. The van der Waals surface area contributed by atoms with Crippen molar-refractivity contribution in [2.45, 2.75) is 33.2 Å². The van der Waals surface area contributed by atoms with Crippen LogP contribution < -0.4 is 10.2 Å². The highest BCUT2D eigenvalue weighted by Gasteiger charge is 2.46. The minimum atomic E-state index is -0.941. The molecule has 9 heteroatoms. The molecule has 3 rings (SSSR count). The molecule has 2 aromatic rings. The van der Waals surface area contributed by atoms with Crippen LogP contribution in [0.15, 0.2) is 48.5 Å². The Balaban J connectivity index is 1.78. The van der Waals surface area contributed by atoms with Crippen LogP contribution in [0.3, 0.4) is 0 Å². The van der Waals surface area contributed by atoms with Crippen LogP contribution in [-0.2, 0) is 14.3 Å². The molecular formula is C24H26ClN3O5. The van der Waals surface area contributed by atoms with E-state index in [9.17, 15) is 19.2 Å². The summed E-state index contributed by atoms with van der Waals surface area (Å²) in [5.41, 5.74) is 1.10. The molecule has 33 heavy (non-hydrogen) atoms. The number of hydrogen-bond donors (Lipinski definition) is 1. The van der Waals surface area contributed by atoms with Gasteiger partial charge in [0.1, 0.15) is 6.04 Å². The molecule has 1 N–H and O–H groups in total. The Morgan fingerprint density at radius 2 is 1.82 bits per heavy atom. The number of carbonyl (C=O) groups excluding carboxylic acids is 4. The van der Waals surface area contributed by atoms with Crippen molar-refractivity contribution < 1.29 is 23.9 Å². The highest BCUT2D eigenvalue weighted by Crippen LogP contribution is 2.29. The number of nitrogens with one attached hydrogen (secondary N) is 1. The molecule has 1 atom stereocenters. The lowest BCUT2D eigenvalue weighted by Gasteiger charge is -2.23. The lowest BCUT2D eigenvalue weighted by Crippen LogP contribution is -2.40. The van der Waals surface area contributed by atoms with Gasteiger partial charge >= 0.3 is 12.0 Å². The third kappa shape index (κ3) is 5.70. The van der Waals surface area contributed by atoms with Crippen LogP contribution in [0.5, 0.6) is 0 Å². The van der Waals surface area contributed by atoms with E-state index >= 15 is 0 Å². The second kappa shape index (κ2) is 10.5. The molecule has 1 saturated heterocycles. The van der Waals surface area contributed by atoms with E-state index in [2.05, 4.69) is 5.32 Å². The summed E-state index contributed by atoms with van der Waals surface area (Å²) in [4.78, 5) is 53.5. The number of halogens is 1. The normalized spacial score (nSPS) is 15.8. The van der Waals surface area contributed by atoms with E-state index in [0.717, 1.165) is 4.90 Å². The number of anilines is 2. The lowest BCUT2D eigenvalue weighted by atomic mass is 10.1. The van der Waals surface area contributed by atoms with Crippen LogP contribution in [0.2, 0.25) is 5.02 Å². The third-order valence-electron chi connectivity index (χ3n) is 5.00. The number of hydrogen-bond acceptors (Lipinski definition) is 5. The second-order valence-corrected chi connectivity index (χ2v) is 8.48. The highest BCUT2D eigenvalue weighted by molar-refractivity contribution is 6.30. The summed E-state index contributed by atoms with van der Waals surface area (Å²) in [7, 11) is 0. The number of benzene rings is 2. The molecule has 1 aliphatic rings. The first-order chi connectivity index (χ1) is 15.7. The summed E-state index contributed by atoms with van der Waals surface area (Å²) >= 11 is 5.93. The Morgan fingerprint density at radius 3 is 2.45 bits per heavy atom. The molecule has 0 saturated carbocycles. The van der Waals surface area contributed by atoms with Crippen molar-refractivity contribution in [1.82, 2.24) is 4.90 Å². The van der Waals surface area contributed by atoms with E-state index in [-0.39, 0.29) is 18.9 Å². The van der Waals surface area contributed by atoms with E-state index in [4.69, 9.17) is 16.3 Å². The van der Waals surface area contributed by atoms with E-state index < -0.39 is 29.9 Å². The predicted molar refractivity (Wildman–Crippen MR) is 125 cm³/mol. The molecule has 0 spiro atoms. The minimum absolute atomic E-state index is 0.0961. The molecule has 1 fully saturated rings. The second-order valence-electron chi connectivity index (χ2n) is 8.05. The summed E-state index contributed by atoms with van der Waals surface area (Å²) in [5, 5.41) is 3.19. The fourth-order valence-corrected chi connectivity index (χ4v) is 3.71. The van der Waals surface area contributed by atoms with Gasteiger partial charge in [0.25, 0.3) is 5.91 Å². The number of carbonyl (C=O) groups is 4. The Hall–Kier alpha value is -3.39. The van der Waals surface area contributed by atoms with Gasteiger partial charge in [0, 0.05) is 17.3 Å². The van der Waals surface area contributed by atoms with Crippen molar-refractivity contribution in [3.63, 3.8) is 0 Å². The van der Waals surface area contributed by atoms with Gasteiger partial charge in [0.15, 0.2) is 0 Å². The van der Waals surface area contributed by atoms with Gasteiger partial charge in [-0.3, -0.25) is 9.59 Å². The number of rotatable bonds is 8. The van der Waals surface area contributed by atoms with Crippen molar-refractivity contribution in [3.8, 4) is 0 Å². The maximum Gasteiger partial charge on any atom is 0.338 e. The zero-order valence-electron chi connectivity index (χ0n) is 18.7. The molecule has 2 aromatic carbocycles. The van der Waals surface area contributed by atoms with E-state index in [1.807, 2.05) is 13.8 Å². The van der Waals surface area contributed by atoms with Gasteiger partial charge in [-0.2, -0.15) is 0 Å². The number of nitrogens with zero attached hydrogens (tertiary/aromatic N) is 2. The first kappa shape index (κ1) is 24.3. The van der Waals surface area contributed by atoms with Gasteiger partial charge in [-0.1, -0.05) is 31.5 Å². The molecule has 174 valence electrons. The van der Waals surface area contributed by atoms with Crippen LogP contribution in [0, 0.1) is 5.92 Å². The Bertz CT molecular complexity index is 1050. The topological polar surface area (TPSA) is 96.0 Å². The van der Waals surface area contributed by atoms with Crippen molar-refractivity contribution in [1.29, 1.82) is 0 Å². The zero-order chi connectivity index (χ0) is 24.1. The summed E-state index contributed by atoms with van der Waals surface area (Å²) < 4.78 is 4.98. The Labute approximate surface area is 197 Å². The fourth-order valence-electron chi connectivity index (χ4n) is 3.59. The minimum Gasteiger partial charge on any atom is -0.462 e. The average molecular weight is 472 g/mol. The van der Waals surface area contributed by atoms with E-state index in [0.29, 0.717) is 28.5 Å². The lowest BCUT2D eigenvalue weighted by molar-refractivity contribution is -0.124. The number of amides is 4. The average Bonchev–Trinajstić information content (AvgIpc) is 2.98.